The van der Waals surface area contributed by atoms with Crippen LogP contribution in [0.15, 0.2) is 18.3 Å². The first-order valence-corrected chi connectivity index (χ1v) is 13.5. The number of rotatable bonds is 9. The van der Waals surface area contributed by atoms with Crippen molar-refractivity contribution < 1.29 is 18.3 Å². The largest absolute Gasteiger partial charge is 0.464 e. The summed E-state index contributed by atoms with van der Waals surface area (Å²) in [4.78, 5) is 25.3. The van der Waals surface area contributed by atoms with Crippen molar-refractivity contribution in [1.29, 1.82) is 0 Å². The van der Waals surface area contributed by atoms with Gasteiger partial charge in [-0.2, -0.15) is 0 Å². The molecule has 1 aliphatic heterocycles. The van der Waals surface area contributed by atoms with Crippen LogP contribution in [0.3, 0.4) is 0 Å². The number of nitrogens with one attached hydrogen (secondary N) is 1. The van der Waals surface area contributed by atoms with E-state index < -0.39 is 12.5 Å². The molecule has 9 heteroatoms. The fourth-order valence-corrected chi connectivity index (χ4v) is 5.87. The fraction of sp³-hybridized carbons (Fsp3) is 0.654. The van der Waals surface area contributed by atoms with Crippen LogP contribution in [0.4, 0.5) is 8.78 Å². The van der Waals surface area contributed by atoms with E-state index in [1.54, 1.807) is 6.20 Å². The summed E-state index contributed by atoms with van der Waals surface area (Å²) in [6.07, 6.45) is 8.02. The van der Waals surface area contributed by atoms with Crippen molar-refractivity contribution in [3.63, 3.8) is 0 Å². The Labute approximate surface area is 210 Å². The van der Waals surface area contributed by atoms with Crippen LogP contribution < -0.4 is 10.1 Å². The Kier molecular flexibility index (Phi) is 8.37. The number of carbonyl (C=O) groups excluding carboxylic acids is 1. The molecule has 2 aromatic heterocycles. The minimum atomic E-state index is -2.85. The predicted molar refractivity (Wildman–Crippen MR) is 133 cm³/mol. The summed E-state index contributed by atoms with van der Waals surface area (Å²) in [5, 5.41) is 3.59. The lowest BCUT2D eigenvalue weighted by Crippen LogP contribution is -2.39. The highest BCUT2D eigenvalue weighted by molar-refractivity contribution is 7.13. The molecular weight excluding hydrogens is 470 g/mol. The molecule has 2 aromatic rings. The lowest BCUT2D eigenvalue weighted by Gasteiger charge is -2.32. The number of hydrogen-bond acceptors (Lipinski definition) is 6. The molecule has 0 spiro atoms. The molecule has 3 heterocycles. The number of pyridine rings is 1. The highest BCUT2D eigenvalue weighted by Gasteiger charge is 2.27. The Morgan fingerprint density at radius 1 is 1.31 bits per heavy atom. The number of alkyl halides is 2. The zero-order valence-corrected chi connectivity index (χ0v) is 21.7. The molecule has 35 heavy (non-hydrogen) atoms. The number of ether oxygens (including phenoxy) is 1. The summed E-state index contributed by atoms with van der Waals surface area (Å²) in [7, 11) is 0. The maximum Gasteiger partial charge on any atom is 0.278 e. The van der Waals surface area contributed by atoms with Gasteiger partial charge in [0.05, 0.1) is 17.0 Å². The molecule has 0 unspecified atom stereocenters. The summed E-state index contributed by atoms with van der Waals surface area (Å²) in [5.41, 5.74) is 2.51. The molecule has 1 saturated carbocycles. The van der Waals surface area contributed by atoms with E-state index in [1.807, 2.05) is 12.1 Å². The van der Waals surface area contributed by atoms with Crippen LogP contribution in [-0.4, -0.2) is 52.4 Å². The molecule has 0 saturated heterocycles. The van der Waals surface area contributed by atoms with E-state index in [4.69, 9.17) is 4.74 Å². The summed E-state index contributed by atoms with van der Waals surface area (Å²) >= 11 is 1.40. The Balaban J connectivity index is 1.19. The average Bonchev–Trinajstić information content (AvgIpc) is 3.24. The third kappa shape index (κ3) is 7.19. The van der Waals surface area contributed by atoms with Gasteiger partial charge in [-0.25, -0.2) is 13.8 Å². The Morgan fingerprint density at radius 3 is 2.80 bits per heavy atom. The Bertz CT molecular complexity index is 999. The maximum absolute atomic E-state index is 13.1. The molecule has 2 aliphatic rings. The minimum absolute atomic E-state index is 0.0105. The van der Waals surface area contributed by atoms with Gasteiger partial charge in [-0.3, -0.25) is 14.7 Å². The monoisotopic (exact) mass is 506 g/mol. The second kappa shape index (κ2) is 11.3. The smallest absolute Gasteiger partial charge is 0.278 e. The van der Waals surface area contributed by atoms with Crippen molar-refractivity contribution in [1.82, 2.24) is 20.2 Å². The fourth-order valence-electron chi connectivity index (χ4n) is 4.96. The SMILES string of the molecule is CC(C)c1ncccc1C(=O)NC1CCC(CCN2CCc3sc(OCC(C)(F)F)nc3C2)CC1. The summed E-state index contributed by atoms with van der Waals surface area (Å²) in [6, 6.07) is 3.91. The second-order valence-corrected chi connectivity index (χ2v) is 11.4. The maximum atomic E-state index is 13.1. The number of carbonyl (C=O) groups is 1. The van der Waals surface area contributed by atoms with E-state index >= 15 is 0 Å². The van der Waals surface area contributed by atoms with Crippen LogP contribution >= 0.6 is 11.3 Å². The molecular formula is C26H36F2N4O2S. The van der Waals surface area contributed by atoms with Crippen molar-refractivity contribution in [2.45, 2.75) is 83.7 Å². The van der Waals surface area contributed by atoms with Gasteiger partial charge in [0.2, 0.25) is 0 Å². The van der Waals surface area contributed by atoms with Crippen LogP contribution in [-0.2, 0) is 13.0 Å². The van der Waals surface area contributed by atoms with Crippen molar-refractivity contribution in [2.24, 2.45) is 5.92 Å². The number of hydrogen-bond donors (Lipinski definition) is 1. The molecule has 4 rings (SSSR count). The quantitative estimate of drug-likeness (QED) is 0.491. The molecule has 192 valence electrons. The molecule has 0 atom stereocenters. The van der Waals surface area contributed by atoms with Crippen molar-refractivity contribution in [3.8, 4) is 5.19 Å². The van der Waals surface area contributed by atoms with Crippen molar-refractivity contribution >= 4 is 17.2 Å². The number of fused-ring (bicyclic) bond motifs is 1. The van der Waals surface area contributed by atoms with Gasteiger partial charge in [-0.05, 0) is 69.0 Å². The number of amides is 1. The van der Waals surface area contributed by atoms with E-state index in [0.29, 0.717) is 16.7 Å². The summed E-state index contributed by atoms with van der Waals surface area (Å²) in [6.45, 7) is 7.07. The van der Waals surface area contributed by atoms with Crippen LogP contribution in [0.25, 0.3) is 0 Å². The topological polar surface area (TPSA) is 67.4 Å². The molecule has 0 aromatic carbocycles. The molecule has 1 N–H and O–H groups in total. The molecule has 6 nitrogen and oxygen atoms in total. The van der Waals surface area contributed by atoms with Gasteiger partial charge in [0, 0.05) is 37.1 Å². The summed E-state index contributed by atoms with van der Waals surface area (Å²) in [5.74, 6) is -1.99. The number of aromatic nitrogens is 2. The van der Waals surface area contributed by atoms with Gasteiger partial charge >= 0.3 is 0 Å². The third-order valence-electron chi connectivity index (χ3n) is 6.90. The van der Waals surface area contributed by atoms with E-state index in [-0.39, 0.29) is 17.9 Å². The van der Waals surface area contributed by atoms with Crippen LogP contribution in [0, 0.1) is 5.92 Å². The first kappa shape index (κ1) is 25.9. The highest BCUT2D eigenvalue weighted by atomic mass is 32.1. The van der Waals surface area contributed by atoms with E-state index in [9.17, 15) is 13.6 Å². The lowest BCUT2D eigenvalue weighted by molar-refractivity contribution is -0.0230. The number of halogens is 2. The predicted octanol–water partition coefficient (Wildman–Crippen LogP) is 5.43. The van der Waals surface area contributed by atoms with Gasteiger partial charge < -0.3 is 10.1 Å². The lowest BCUT2D eigenvalue weighted by atomic mass is 9.84. The van der Waals surface area contributed by atoms with Crippen LogP contribution in [0.5, 0.6) is 5.19 Å². The second-order valence-electron chi connectivity index (χ2n) is 10.3. The van der Waals surface area contributed by atoms with Crippen molar-refractivity contribution in [3.05, 3.63) is 40.2 Å². The van der Waals surface area contributed by atoms with Gasteiger partial charge in [0.1, 0.15) is 0 Å². The molecule has 1 amide bonds. The number of thiazole rings is 1. The van der Waals surface area contributed by atoms with Gasteiger partial charge in [-0.15, -0.1) is 0 Å². The Morgan fingerprint density at radius 2 is 2.09 bits per heavy atom. The van der Waals surface area contributed by atoms with E-state index in [1.165, 1.54) is 11.3 Å². The van der Waals surface area contributed by atoms with Crippen LogP contribution in [0.1, 0.15) is 85.4 Å². The Hall–Kier alpha value is -2.13. The first-order valence-electron chi connectivity index (χ1n) is 12.7. The van der Waals surface area contributed by atoms with Gasteiger partial charge in [-0.1, -0.05) is 25.2 Å². The highest BCUT2D eigenvalue weighted by Crippen LogP contribution is 2.32. The molecule has 0 radical (unpaired) electrons. The zero-order chi connectivity index (χ0) is 25.0. The van der Waals surface area contributed by atoms with E-state index in [2.05, 4.69) is 34.0 Å². The molecule has 0 bridgehead atoms. The normalized spacial score (nSPS) is 21.1. The number of nitrogens with zero attached hydrogens (tertiary/aromatic N) is 3. The first-order chi connectivity index (χ1) is 16.7. The zero-order valence-electron chi connectivity index (χ0n) is 20.9. The minimum Gasteiger partial charge on any atom is -0.464 e. The van der Waals surface area contributed by atoms with Crippen molar-refractivity contribution in [2.75, 3.05) is 19.7 Å². The van der Waals surface area contributed by atoms with Gasteiger partial charge in [0.15, 0.2) is 6.61 Å². The average molecular weight is 507 g/mol. The molecule has 1 aliphatic carbocycles. The standard InChI is InChI=1S/C26H36F2N4O2S/c1-17(2)23-20(5-4-12-29-23)24(33)30-19-8-6-18(7-9-19)10-13-32-14-11-22-21(15-32)31-25(35-22)34-16-26(3,27)28/h4-5,12,17-19H,6-11,13-16H2,1-3H3,(H,30,33). The third-order valence-corrected chi connectivity index (χ3v) is 7.97. The molecule has 1 fully saturated rings. The summed E-state index contributed by atoms with van der Waals surface area (Å²) < 4.78 is 31.3. The van der Waals surface area contributed by atoms with E-state index in [0.717, 1.165) is 81.3 Å². The van der Waals surface area contributed by atoms with Crippen LogP contribution in [0.2, 0.25) is 0 Å². The van der Waals surface area contributed by atoms with Gasteiger partial charge in [0.25, 0.3) is 17.0 Å².